The van der Waals surface area contributed by atoms with E-state index in [9.17, 15) is 14.4 Å². The van der Waals surface area contributed by atoms with Gasteiger partial charge in [-0.05, 0) is 29.9 Å². The number of benzene rings is 1. The summed E-state index contributed by atoms with van der Waals surface area (Å²) in [4.78, 5) is 35.7. The summed E-state index contributed by atoms with van der Waals surface area (Å²) < 4.78 is 0. The molecule has 1 heterocycles. The second-order valence-electron chi connectivity index (χ2n) is 6.78. The Balaban J connectivity index is 1.99. The van der Waals surface area contributed by atoms with E-state index in [1.54, 1.807) is 0 Å². The van der Waals surface area contributed by atoms with E-state index in [1.807, 2.05) is 38.1 Å². The Labute approximate surface area is 147 Å². The summed E-state index contributed by atoms with van der Waals surface area (Å²) in [5, 5.41) is 8.47. The highest BCUT2D eigenvalue weighted by Crippen LogP contribution is 2.16. The predicted octanol–water partition coefficient (Wildman–Crippen LogP) is -0.167. The first kappa shape index (κ1) is 18.9. The van der Waals surface area contributed by atoms with Crippen LogP contribution in [0.3, 0.4) is 0 Å². The molecule has 2 atom stereocenters. The van der Waals surface area contributed by atoms with Crippen LogP contribution in [0.2, 0.25) is 0 Å². The fraction of sp³-hybridized carbons (Fsp3) is 0.500. The predicted molar refractivity (Wildman–Crippen MR) is 94.4 cm³/mol. The monoisotopic (exact) mass is 346 g/mol. The number of nitrogens with two attached hydrogens (primary N) is 1. The smallest absolute Gasteiger partial charge is 0.243 e. The molecule has 0 spiro atoms. The third-order valence-electron chi connectivity index (χ3n) is 4.17. The van der Waals surface area contributed by atoms with Crippen LogP contribution >= 0.6 is 0 Å². The minimum atomic E-state index is -0.689. The van der Waals surface area contributed by atoms with Gasteiger partial charge in [-0.3, -0.25) is 14.4 Å². The average Bonchev–Trinajstić information content (AvgIpc) is 2.58. The zero-order valence-corrected chi connectivity index (χ0v) is 14.7. The van der Waals surface area contributed by atoms with Gasteiger partial charge < -0.3 is 21.7 Å². The van der Waals surface area contributed by atoms with Crippen molar-refractivity contribution in [1.29, 1.82) is 0 Å². The van der Waals surface area contributed by atoms with Crippen molar-refractivity contribution in [3.05, 3.63) is 35.4 Å². The zero-order chi connectivity index (χ0) is 18.4. The van der Waals surface area contributed by atoms with Gasteiger partial charge in [-0.25, -0.2) is 0 Å². The fourth-order valence-electron chi connectivity index (χ4n) is 2.91. The van der Waals surface area contributed by atoms with Gasteiger partial charge >= 0.3 is 0 Å². The molecule has 7 heteroatoms. The molecule has 1 aromatic rings. The summed E-state index contributed by atoms with van der Waals surface area (Å²) in [5.74, 6) is -1.01. The Hall–Kier alpha value is -2.41. The van der Waals surface area contributed by atoms with Crippen molar-refractivity contribution in [2.24, 2.45) is 11.7 Å². The quantitative estimate of drug-likeness (QED) is 0.549. The molecule has 25 heavy (non-hydrogen) atoms. The highest BCUT2D eigenvalue weighted by Gasteiger charge is 2.28. The number of hydrogen-bond acceptors (Lipinski definition) is 4. The van der Waals surface area contributed by atoms with Crippen LogP contribution < -0.4 is 21.7 Å². The van der Waals surface area contributed by atoms with E-state index >= 15 is 0 Å². The Bertz CT molecular complexity index is 645. The lowest BCUT2D eigenvalue weighted by atomic mass is 9.95. The Morgan fingerprint density at radius 1 is 1.24 bits per heavy atom. The van der Waals surface area contributed by atoms with Crippen molar-refractivity contribution in [3.63, 3.8) is 0 Å². The third-order valence-corrected chi connectivity index (χ3v) is 4.17. The molecule has 0 aliphatic carbocycles. The number of rotatable bonds is 7. The molecule has 3 amide bonds. The van der Waals surface area contributed by atoms with Gasteiger partial charge in [-0.1, -0.05) is 38.1 Å². The van der Waals surface area contributed by atoms with E-state index in [0.29, 0.717) is 19.4 Å². The number of carbonyl (C=O) groups excluding carboxylic acids is 3. The van der Waals surface area contributed by atoms with Gasteiger partial charge in [-0.15, -0.1) is 0 Å². The molecule has 136 valence electrons. The summed E-state index contributed by atoms with van der Waals surface area (Å²) >= 11 is 0. The van der Waals surface area contributed by atoms with Crippen molar-refractivity contribution in [2.75, 3.05) is 6.54 Å². The summed E-state index contributed by atoms with van der Waals surface area (Å²) in [6.07, 6.45) is 1.07. The van der Waals surface area contributed by atoms with Gasteiger partial charge in [0.2, 0.25) is 17.7 Å². The van der Waals surface area contributed by atoms with Crippen molar-refractivity contribution < 1.29 is 14.4 Å². The lowest BCUT2D eigenvalue weighted by molar-refractivity contribution is -0.131. The molecule has 0 aromatic heterocycles. The maximum Gasteiger partial charge on any atom is 0.243 e. The number of nitrogens with one attached hydrogen (secondary N) is 3. The molecule has 0 fully saturated rings. The maximum atomic E-state index is 12.6. The van der Waals surface area contributed by atoms with Crippen LogP contribution in [0.25, 0.3) is 0 Å². The lowest BCUT2D eigenvalue weighted by Crippen LogP contribution is -2.55. The van der Waals surface area contributed by atoms with Gasteiger partial charge in [0.05, 0.1) is 12.6 Å². The second-order valence-corrected chi connectivity index (χ2v) is 6.78. The van der Waals surface area contributed by atoms with E-state index in [-0.39, 0.29) is 24.4 Å². The molecule has 1 aromatic carbocycles. The summed E-state index contributed by atoms with van der Waals surface area (Å²) in [5.41, 5.74) is 7.38. The molecular weight excluding hydrogens is 320 g/mol. The molecule has 0 radical (unpaired) electrons. The molecular formula is C18H26N4O3. The first-order chi connectivity index (χ1) is 11.9. The van der Waals surface area contributed by atoms with Crippen LogP contribution in [0.5, 0.6) is 0 Å². The van der Waals surface area contributed by atoms with E-state index in [1.165, 1.54) is 5.56 Å². The van der Waals surface area contributed by atoms with Gasteiger partial charge in [-0.2, -0.15) is 0 Å². The van der Waals surface area contributed by atoms with Crippen LogP contribution in [-0.4, -0.2) is 36.3 Å². The van der Waals surface area contributed by atoms with Crippen LogP contribution in [0.1, 0.15) is 31.4 Å². The molecule has 1 unspecified atom stereocenters. The lowest BCUT2D eigenvalue weighted by Gasteiger charge is -2.27. The van der Waals surface area contributed by atoms with E-state index in [2.05, 4.69) is 16.0 Å². The van der Waals surface area contributed by atoms with Crippen LogP contribution in [0.4, 0.5) is 0 Å². The number of carbonyl (C=O) groups is 3. The van der Waals surface area contributed by atoms with Crippen molar-refractivity contribution in [1.82, 2.24) is 16.0 Å². The molecule has 5 N–H and O–H groups in total. The molecule has 0 saturated heterocycles. The average molecular weight is 346 g/mol. The standard InChI is InChI=1S/C18H26N4O3/c1-11(2)7-15(17(24)21-10-16(19)23)22-18(25)14-8-12-5-3-4-6-13(12)9-20-14/h3-6,11,14-15,20H,7-10H2,1-2H3,(H2,19,23)(H,21,24)(H,22,25)/t14?,15-/m0/s1. The first-order valence-corrected chi connectivity index (χ1v) is 8.53. The molecule has 7 nitrogen and oxygen atoms in total. The van der Waals surface area contributed by atoms with Gasteiger partial charge in [0.15, 0.2) is 0 Å². The molecule has 1 aliphatic rings. The summed E-state index contributed by atoms with van der Waals surface area (Å²) in [7, 11) is 0. The van der Waals surface area contributed by atoms with Gasteiger partial charge in [0.1, 0.15) is 6.04 Å². The highest BCUT2D eigenvalue weighted by molar-refractivity contribution is 5.91. The van der Waals surface area contributed by atoms with E-state index in [0.717, 1.165) is 5.56 Å². The molecule has 0 saturated carbocycles. The normalized spacial score (nSPS) is 17.5. The van der Waals surface area contributed by atoms with E-state index in [4.69, 9.17) is 5.73 Å². The molecule has 1 aliphatic heterocycles. The fourth-order valence-corrected chi connectivity index (χ4v) is 2.91. The number of fused-ring (bicyclic) bond motifs is 1. The molecule has 0 bridgehead atoms. The second kappa shape index (κ2) is 8.62. The summed E-state index contributed by atoms with van der Waals surface area (Å²) in [6.45, 7) is 4.32. The number of hydrogen-bond donors (Lipinski definition) is 4. The van der Waals surface area contributed by atoms with Gasteiger partial charge in [0, 0.05) is 6.54 Å². The van der Waals surface area contributed by atoms with Crippen LogP contribution in [-0.2, 0) is 27.3 Å². The van der Waals surface area contributed by atoms with Crippen molar-refractivity contribution in [2.45, 2.75) is 45.3 Å². The topological polar surface area (TPSA) is 113 Å². The Kier molecular flexibility index (Phi) is 6.52. The minimum Gasteiger partial charge on any atom is -0.368 e. The zero-order valence-electron chi connectivity index (χ0n) is 14.7. The van der Waals surface area contributed by atoms with E-state index < -0.39 is 17.9 Å². The van der Waals surface area contributed by atoms with Gasteiger partial charge in [0.25, 0.3) is 0 Å². The maximum absolute atomic E-state index is 12.6. The summed E-state index contributed by atoms with van der Waals surface area (Å²) in [6, 6.07) is 6.91. The minimum absolute atomic E-state index is 0.213. The first-order valence-electron chi connectivity index (χ1n) is 8.53. The largest absolute Gasteiger partial charge is 0.368 e. The van der Waals surface area contributed by atoms with Crippen LogP contribution in [0.15, 0.2) is 24.3 Å². The number of amides is 3. The third kappa shape index (κ3) is 5.56. The molecule has 2 rings (SSSR count). The Morgan fingerprint density at radius 3 is 2.56 bits per heavy atom. The number of primary amides is 1. The van der Waals surface area contributed by atoms with Crippen molar-refractivity contribution >= 4 is 17.7 Å². The van der Waals surface area contributed by atoms with Crippen LogP contribution in [0, 0.1) is 5.92 Å². The Morgan fingerprint density at radius 2 is 1.92 bits per heavy atom. The van der Waals surface area contributed by atoms with Crippen molar-refractivity contribution in [3.8, 4) is 0 Å². The highest BCUT2D eigenvalue weighted by atomic mass is 16.2. The SMILES string of the molecule is CC(C)C[C@H](NC(=O)C1Cc2ccccc2CN1)C(=O)NCC(N)=O.